The third kappa shape index (κ3) is 1.40. The first kappa shape index (κ1) is 12.6. The lowest BCUT2D eigenvalue weighted by Gasteiger charge is -2.41. The van der Waals surface area contributed by atoms with E-state index >= 15 is 0 Å². The third-order valence-corrected chi connectivity index (χ3v) is 7.22. The molecule has 2 heteroatoms. The summed E-state index contributed by atoms with van der Waals surface area (Å²) in [5, 5.41) is 0. The van der Waals surface area contributed by atoms with Crippen LogP contribution in [0.15, 0.2) is 0 Å². The topological polar surface area (TPSA) is 18.5 Å². The van der Waals surface area contributed by atoms with E-state index < -0.39 is 0 Å². The Morgan fingerprint density at radius 1 is 0.947 bits per heavy atom. The largest absolute Gasteiger partial charge is 0.345 e. The van der Waals surface area contributed by atoms with Crippen molar-refractivity contribution in [3.05, 3.63) is 0 Å². The normalized spacial score (nSPS) is 57.0. The summed E-state index contributed by atoms with van der Waals surface area (Å²) in [5.74, 6) is 2.08. The summed E-state index contributed by atoms with van der Waals surface area (Å²) < 4.78 is 12.5. The molecular weight excluding hydrogens is 236 g/mol. The van der Waals surface area contributed by atoms with Crippen LogP contribution in [0.2, 0.25) is 0 Å². The zero-order valence-corrected chi connectivity index (χ0v) is 13.0. The van der Waals surface area contributed by atoms with Gasteiger partial charge in [-0.3, -0.25) is 0 Å². The van der Waals surface area contributed by atoms with E-state index in [0.29, 0.717) is 29.0 Å². The van der Waals surface area contributed by atoms with Crippen molar-refractivity contribution in [1.29, 1.82) is 0 Å². The molecule has 4 rings (SSSR count). The number of hydrogen-bond acceptors (Lipinski definition) is 2. The Morgan fingerprint density at radius 2 is 1.68 bits per heavy atom. The van der Waals surface area contributed by atoms with Gasteiger partial charge in [0.1, 0.15) is 0 Å². The minimum Gasteiger partial charge on any atom is -0.345 e. The highest BCUT2D eigenvalue weighted by Gasteiger charge is 2.69. The van der Waals surface area contributed by atoms with E-state index in [-0.39, 0.29) is 5.79 Å². The molecule has 0 aromatic carbocycles. The highest BCUT2D eigenvalue weighted by atomic mass is 16.8. The second-order valence-corrected chi connectivity index (χ2v) is 8.74. The van der Waals surface area contributed by atoms with Gasteiger partial charge in [-0.25, -0.2) is 0 Å². The first-order valence-corrected chi connectivity index (χ1v) is 8.12. The summed E-state index contributed by atoms with van der Waals surface area (Å²) in [4.78, 5) is 0. The quantitative estimate of drug-likeness (QED) is 0.658. The maximum Gasteiger partial charge on any atom is 0.163 e. The minimum atomic E-state index is -0.371. The molecule has 0 aromatic rings. The van der Waals surface area contributed by atoms with Gasteiger partial charge in [-0.1, -0.05) is 20.8 Å². The Kier molecular flexibility index (Phi) is 2.25. The van der Waals surface area contributed by atoms with E-state index in [9.17, 15) is 0 Å². The number of rotatable bonds is 0. The van der Waals surface area contributed by atoms with Crippen molar-refractivity contribution < 1.29 is 9.47 Å². The van der Waals surface area contributed by atoms with E-state index in [0.717, 1.165) is 11.8 Å². The van der Waals surface area contributed by atoms with Crippen molar-refractivity contribution in [3.8, 4) is 0 Å². The molecule has 1 saturated heterocycles. The molecule has 1 aliphatic heterocycles. The third-order valence-electron chi connectivity index (χ3n) is 7.22. The lowest BCUT2D eigenvalue weighted by atomic mass is 9.66. The maximum atomic E-state index is 6.29. The summed E-state index contributed by atoms with van der Waals surface area (Å²) >= 11 is 0. The van der Waals surface area contributed by atoms with Crippen LogP contribution in [-0.2, 0) is 9.47 Å². The monoisotopic (exact) mass is 264 g/mol. The molecule has 2 bridgehead atoms. The van der Waals surface area contributed by atoms with Crippen LogP contribution in [0.4, 0.5) is 0 Å². The zero-order chi connectivity index (χ0) is 13.6. The van der Waals surface area contributed by atoms with Gasteiger partial charge in [-0.2, -0.15) is 0 Å². The van der Waals surface area contributed by atoms with Gasteiger partial charge >= 0.3 is 0 Å². The van der Waals surface area contributed by atoms with Crippen LogP contribution in [0.5, 0.6) is 0 Å². The van der Waals surface area contributed by atoms with Gasteiger partial charge in [0.05, 0.1) is 12.2 Å². The lowest BCUT2D eigenvalue weighted by molar-refractivity contribution is -0.155. The first-order valence-electron chi connectivity index (χ1n) is 8.12. The van der Waals surface area contributed by atoms with Crippen molar-refractivity contribution in [2.75, 3.05) is 0 Å². The SMILES string of the molecule is C[C@@H]1CC[C@H]2C(C)(C)[C@@H]3C[C@@]12C[C@@H]1OC(C)(C)O[C@@H]13. The van der Waals surface area contributed by atoms with Gasteiger partial charge in [-0.15, -0.1) is 0 Å². The van der Waals surface area contributed by atoms with Crippen molar-refractivity contribution in [2.24, 2.45) is 28.6 Å². The predicted molar refractivity (Wildman–Crippen MR) is 74.7 cm³/mol. The van der Waals surface area contributed by atoms with Crippen LogP contribution in [0.25, 0.3) is 0 Å². The molecule has 0 aromatic heterocycles. The van der Waals surface area contributed by atoms with E-state index in [1.54, 1.807) is 0 Å². The first-order chi connectivity index (χ1) is 8.76. The molecule has 1 heterocycles. The Bertz CT molecular complexity index is 413. The molecule has 4 aliphatic rings. The number of fused-ring (bicyclic) bond motifs is 3. The molecule has 4 fully saturated rings. The molecule has 19 heavy (non-hydrogen) atoms. The Labute approximate surface area is 117 Å². The average Bonchev–Trinajstić information content (AvgIpc) is 2.81. The smallest absolute Gasteiger partial charge is 0.163 e. The summed E-state index contributed by atoms with van der Waals surface area (Å²) in [6, 6.07) is 0. The Hall–Kier alpha value is -0.0800. The standard InChI is InChI=1S/C17H28O2/c1-10-6-7-13-15(2,3)11-8-17(10,13)9-12-14(11)19-16(4,5)18-12/h10-14H,6-9H2,1-5H3/t10-,11-,12+,13+,14-,17-/m1/s1. The molecule has 108 valence electrons. The van der Waals surface area contributed by atoms with E-state index in [2.05, 4.69) is 34.6 Å². The van der Waals surface area contributed by atoms with Crippen molar-refractivity contribution >= 4 is 0 Å². The summed E-state index contributed by atoms with van der Waals surface area (Å²) in [6.45, 7) is 11.6. The second kappa shape index (κ2) is 3.39. The molecule has 3 aliphatic carbocycles. The molecule has 2 nitrogen and oxygen atoms in total. The fourth-order valence-electron chi connectivity index (χ4n) is 6.43. The molecule has 0 N–H and O–H groups in total. The fraction of sp³-hybridized carbons (Fsp3) is 1.00. The van der Waals surface area contributed by atoms with Gasteiger partial charge in [-0.05, 0) is 68.1 Å². The minimum absolute atomic E-state index is 0.341. The van der Waals surface area contributed by atoms with Crippen LogP contribution < -0.4 is 0 Å². The Balaban J connectivity index is 1.77. The van der Waals surface area contributed by atoms with Crippen molar-refractivity contribution in [3.63, 3.8) is 0 Å². The van der Waals surface area contributed by atoms with Crippen LogP contribution in [0, 0.1) is 28.6 Å². The molecular formula is C17H28O2. The van der Waals surface area contributed by atoms with Gasteiger partial charge < -0.3 is 9.47 Å². The summed E-state index contributed by atoms with van der Waals surface area (Å²) in [5.41, 5.74) is 0.979. The van der Waals surface area contributed by atoms with Crippen LogP contribution >= 0.6 is 0 Å². The molecule has 0 unspecified atom stereocenters. The number of hydrogen-bond donors (Lipinski definition) is 0. The van der Waals surface area contributed by atoms with Crippen LogP contribution in [0.3, 0.4) is 0 Å². The molecule has 1 spiro atoms. The molecule has 6 atom stereocenters. The fourth-order valence-corrected chi connectivity index (χ4v) is 6.43. The van der Waals surface area contributed by atoms with Gasteiger partial charge in [0.15, 0.2) is 5.79 Å². The average molecular weight is 264 g/mol. The molecule has 0 radical (unpaired) electrons. The number of ether oxygens (including phenoxy) is 2. The van der Waals surface area contributed by atoms with E-state index in [1.165, 1.54) is 25.7 Å². The highest BCUT2D eigenvalue weighted by Crippen LogP contribution is 2.72. The van der Waals surface area contributed by atoms with Crippen molar-refractivity contribution in [2.45, 2.75) is 78.3 Å². The summed E-state index contributed by atoms with van der Waals surface area (Å²) in [6.07, 6.45) is 6.15. The summed E-state index contributed by atoms with van der Waals surface area (Å²) in [7, 11) is 0. The molecule has 3 saturated carbocycles. The Morgan fingerprint density at radius 3 is 2.42 bits per heavy atom. The molecule has 0 amide bonds. The van der Waals surface area contributed by atoms with Crippen molar-refractivity contribution in [1.82, 2.24) is 0 Å². The van der Waals surface area contributed by atoms with Crippen LogP contribution in [-0.4, -0.2) is 18.0 Å². The predicted octanol–water partition coefficient (Wildman–Crippen LogP) is 3.99. The highest BCUT2D eigenvalue weighted by molar-refractivity contribution is 5.17. The maximum absolute atomic E-state index is 6.29. The van der Waals surface area contributed by atoms with E-state index in [4.69, 9.17) is 9.47 Å². The zero-order valence-electron chi connectivity index (χ0n) is 13.0. The van der Waals surface area contributed by atoms with Gasteiger partial charge in [0.2, 0.25) is 0 Å². The van der Waals surface area contributed by atoms with Crippen LogP contribution in [0.1, 0.15) is 60.3 Å². The van der Waals surface area contributed by atoms with Gasteiger partial charge in [0.25, 0.3) is 0 Å². The lowest BCUT2D eigenvalue weighted by Crippen LogP contribution is -2.42. The van der Waals surface area contributed by atoms with E-state index in [1.807, 2.05) is 0 Å². The van der Waals surface area contributed by atoms with Gasteiger partial charge in [0, 0.05) is 0 Å². The second-order valence-electron chi connectivity index (χ2n) is 8.74.